The van der Waals surface area contributed by atoms with Crippen molar-refractivity contribution in [1.29, 1.82) is 0 Å². The highest BCUT2D eigenvalue weighted by atomic mass is 127. The quantitative estimate of drug-likeness (QED) is 0.524. The molecule has 0 heterocycles. The van der Waals surface area contributed by atoms with Crippen LogP contribution in [-0.4, -0.2) is 11.1 Å². The lowest BCUT2D eigenvalue weighted by atomic mass is 10.2. The predicted molar refractivity (Wildman–Crippen MR) is 66.5 cm³/mol. The van der Waals surface area contributed by atoms with E-state index in [4.69, 9.17) is 5.11 Å². The van der Waals surface area contributed by atoms with E-state index in [1.807, 2.05) is 0 Å². The number of carboxylic acids is 1. The second kappa shape index (κ2) is 4.23. The van der Waals surface area contributed by atoms with Crippen LogP contribution in [0.5, 0.6) is 0 Å². The van der Waals surface area contributed by atoms with Crippen molar-refractivity contribution < 1.29 is 9.90 Å². The molecule has 2 nitrogen and oxygen atoms in total. The lowest BCUT2D eigenvalue weighted by Crippen LogP contribution is -1.98. The Kier molecular flexibility index (Phi) is 3.77. The van der Waals surface area contributed by atoms with Gasteiger partial charge < -0.3 is 5.11 Å². The fourth-order valence-corrected chi connectivity index (χ4v) is 2.45. The van der Waals surface area contributed by atoms with Crippen molar-refractivity contribution in [1.82, 2.24) is 0 Å². The second-order valence-electron chi connectivity index (χ2n) is 2.06. The highest BCUT2D eigenvalue weighted by molar-refractivity contribution is 14.1. The van der Waals surface area contributed by atoms with Crippen LogP contribution in [0.1, 0.15) is 10.4 Å². The van der Waals surface area contributed by atoms with Crippen LogP contribution in [-0.2, 0) is 0 Å². The number of hydrogen-bond acceptors (Lipinski definition) is 1. The summed E-state index contributed by atoms with van der Waals surface area (Å²) in [5, 5.41) is 8.70. The molecule has 0 saturated heterocycles. The molecule has 0 aromatic heterocycles. The summed E-state index contributed by atoms with van der Waals surface area (Å²) in [4.78, 5) is 10.6. The van der Waals surface area contributed by atoms with Crippen LogP contribution in [0.15, 0.2) is 16.6 Å². The number of carboxylic acid groups (broad SMARTS) is 1. The first-order chi connectivity index (χ1) is 5.52. The molecule has 0 aliphatic carbocycles. The fraction of sp³-hybridized carbons (Fsp3) is 0. The normalized spacial score (nSPS) is 9.92. The monoisotopic (exact) mass is 452 g/mol. The minimum absolute atomic E-state index is 0.312. The van der Waals surface area contributed by atoms with Crippen molar-refractivity contribution in [3.8, 4) is 0 Å². The van der Waals surface area contributed by atoms with Gasteiger partial charge in [-0.25, -0.2) is 4.79 Å². The van der Waals surface area contributed by atoms with Gasteiger partial charge in [-0.3, -0.25) is 0 Å². The average molecular weight is 453 g/mol. The van der Waals surface area contributed by atoms with Crippen LogP contribution in [0, 0.1) is 7.14 Å². The summed E-state index contributed by atoms with van der Waals surface area (Å²) in [6.45, 7) is 0. The number of hydrogen-bond donors (Lipinski definition) is 1. The van der Waals surface area contributed by atoms with Crippen LogP contribution >= 0.6 is 61.1 Å². The standard InChI is InChI=1S/C7H3BrI2O2/c8-4-1-3(7(11)12)2-5(9)6(4)10/h1-2H,(H,11,12). The van der Waals surface area contributed by atoms with Gasteiger partial charge in [0.25, 0.3) is 0 Å². The molecule has 1 N–H and O–H groups in total. The molecule has 0 unspecified atom stereocenters. The first kappa shape index (κ1) is 10.7. The number of carbonyl (C=O) groups is 1. The van der Waals surface area contributed by atoms with Crippen molar-refractivity contribution in [3.05, 3.63) is 29.3 Å². The van der Waals surface area contributed by atoms with Crippen LogP contribution in [0.4, 0.5) is 0 Å². The summed E-state index contributed by atoms with van der Waals surface area (Å²) < 4.78 is 2.81. The number of rotatable bonds is 1. The van der Waals surface area contributed by atoms with E-state index in [1.165, 1.54) is 0 Å². The lowest BCUT2D eigenvalue weighted by Gasteiger charge is -2.01. The van der Waals surface area contributed by atoms with Gasteiger partial charge in [0, 0.05) is 11.6 Å². The molecule has 0 aliphatic heterocycles. The summed E-state index contributed by atoms with van der Waals surface area (Å²) in [5.41, 5.74) is 0.312. The molecule has 1 aromatic carbocycles. The van der Waals surface area contributed by atoms with Gasteiger partial charge in [-0.15, -0.1) is 0 Å². The van der Waals surface area contributed by atoms with Gasteiger partial charge in [0.1, 0.15) is 0 Å². The van der Waals surface area contributed by atoms with Crippen molar-refractivity contribution >= 4 is 67.1 Å². The Bertz CT molecular complexity index is 315. The predicted octanol–water partition coefficient (Wildman–Crippen LogP) is 3.36. The van der Waals surface area contributed by atoms with Gasteiger partial charge in [0.05, 0.1) is 5.56 Å². The first-order valence-electron chi connectivity index (χ1n) is 2.90. The average Bonchev–Trinajstić information content (AvgIpc) is 1.99. The SMILES string of the molecule is O=C(O)c1cc(Br)c(I)c(I)c1. The molecule has 0 aliphatic rings. The highest BCUT2D eigenvalue weighted by Gasteiger charge is 2.08. The Morgan fingerprint density at radius 2 is 2.00 bits per heavy atom. The van der Waals surface area contributed by atoms with Crippen LogP contribution < -0.4 is 0 Å². The molecule has 0 saturated carbocycles. The summed E-state index contributed by atoms with van der Waals surface area (Å²) in [6, 6.07) is 3.25. The molecule has 1 aromatic rings. The Morgan fingerprint density at radius 3 is 2.42 bits per heavy atom. The Hall–Kier alpha value is 0.630. The van der Waals surface area contributed by atoms with Gasteiger partial charge in [-0.1, -0.05) is 0 Å². The minimum atomic E-state index is -0.898. The molecular weight excluding hydrogens is 450 g/mol. The fourth-order valence-electron chi connectivity index (χ4n) is 0.679. The van der Waals surface area contributed by atoms with Gasteiger partial charge >= 0.3 is 5.97 Å². The van der Waals surface area contributed by atoms with Crippen LogP contribution in [0.3, 0.4) is 0 Å². The van der Waals surface area contributed by atoms with Crippen LogP contribution in [0.2, 0.25) is 0 Å². The number of halogens is 3. The van der Waals surface area contributed by atoms with E-state index < -0.39 is 5.97 Å². The Labute approximate surface area is 105 Å². The van der Waals surface area contributed by atoms with E-state index in [2.05, 4.69) is 61.1 Å². The highest BCUT2D eigenvalue weighted by Crippen LogP contribution is 2.25. The smallest absolute Gasteiger partial charge is 0.335 e. The molecule has 12 heavy (non-hydrogen) atoms. The zero-order chi connectivity index (χ0) is 9.30. The van der Waals surface area contributed by atoms with Gasteiger partial charge in [0.2, 0.25) is 0 Å². The van der Waals surface area contributed by atoms with E-state index >= 15 is 0 Å². The maximum absolute atomic E-state index is 10.6. The third-order valence-electron chi connectivity index (χ3n) is 1.23. The van der Waals surface area contributed by atoms with Crippen LogP contribution in [0.25, 0.3) is 0 Å². The zero-order valence-electron chi connectivity index (χ0n) is 5.64. The molecule has 0 spiro atoms. The molecule has 1 rings (SSSR count). The lowest BCUT2D eigenvalue weighted by molar-refractivity contribution is 0.0696. The number of aromatic carboxylic acids is 1. The maximum atomic E-state index is 10.6. The van der Waals surface area contributed by atoms with E-state index in [-0.39, 0.29) is 0 Å². The number of benzene rings is 1. The largest absolute Gasteiger partial charge is 0.478 e. The van der Waals surface area contributed by atoms with Crippen molar-refractivity contribution in [2.75, 3.05) is 0 Å². The van der Waals surface area contributed by atoms with E-state index in [1.54, 1.807) is 12.1 Å². The van der Waals surface area contributed by atoms with Gasteiger partial charge in [-0.2, -0.15) is 0 Å². The van der Waals surface area contributed by atoms with E-state index in [0.717, 1.165) is 11.6 Å². The van der Waals surface area contributed by atoms with Crippen molar-refractivity contribution in [2.45, 2.75) is 0 Å². The summed E-state index contributed by atoms with van der Waals surface area (Å²) in [5.74, 6) is -0.898. The topological polar surface area (TPSA) is 37.3 Å². The summed E-state index contributed by atoms with van der Waals surface area (Å²) in [7, 11) is 0. The minimum Gasteiger partial charge on any atom is -0.478 e. The van der Waals surface area contributed by atoms with Gasteiger partial charge in [-0.05, 0) is 73.2 Å². The summed E-state index contributed by atoms with van der Waals surface area (Å²) >= 11 is 7.56. The van der Waals surface area contributed by atoms with E-state index in [9.17, 15) is 4.79 Å². The molecule has 0 amide bonds. The molecule has 0 atom stereocenters. The molecular formula is C7H3BrI2O2. The summed E-state index contributed by atoms with van der Waals surface area (Å²) in [6.07, 6.45) is 0. The molecule has 0 bridgehead atoms. The molecule has 64 valence electrons. The first-order valence-corrected chi connectivity index (χ1v) is 5.85. The van der Waals surface area contributed by atoms with Crippen molar-refractivity contribution in [3.63, 3.8) is 0 Å². The zero-order valence-corrected chi connectivity index (χ0v) is 11.5. The molecule has 0 radical (unpaired) electrons. The second-order valence-corrected chi connectivity index (χ2v) is 5.15. The molecule has 0 fully saturated rings. The van der Waals surface area contributed by atoms with Gasteiger partial charge in [0.15, 0.2) is 0 Å². The third kappa shape index (κ3) is 2.32. The third-order valence-corrected chi connectivity index (χ3v) is 5.64. The Morgan fingerprint density at radius 1 is 1.42 bits per heavy atom. The van der Waals surface area contributed by atoms with E-state index in [0.29, 0.717) is 5.56 Å². The Balaban J connectivity index is 3.31. The maximum Gasteiger partial charge on any atom is 0.335 e. The van der Waals surface area contributed by atoms with Crippen molar-refractivity contribution in [2.24, 2.45) is 0 Å². The molecule has 5 heteroatoms.